The quantitative estimate of drug-likeness (QED) is 0.636. The van der Waals surface area contributed by atoms with Gasteiger partial charge >= 0.3 is 0 Å². The van der Waals surface area contributed by atoms with Gasteiger partial charge in [-0.1, -0.05) is 61.3 Å². The van der Waals surface area contributed by atoms with Crippen LogP contribution in [0.15, 0.2) is 0 Å². The summed E-state index contributed by atoms with van der Waals surface area (Å²) in [6, 6.07) is 0. The third-order valence-corrected chi connectivity index (χ3v) is 7.77. The molecule has 0 aromatic carbocycles. The predicted octanol–water partition coefficient (Wildman–Crippen LogP) is 6.05. The second-order valence-electron chi connectivity index (χ2n) is 11.7. The Bertz CT molecular complexity index is 392. The Morgan fingerprint density at radius 1 is 0.731 bits per heavy atom. The molecule has 2 heteroatoms. The maximum absolute atomic E-state index is 10.6. The Kier molecular flexibility index (Phi) is 7.27. The zero-order chi connectivity index (χ0) is 19.7. The number of rotatable bonds is 4. The first-order valence-corrected chi connectivity index (χ1v) is 11.3. The number of aliphatic hydroxyl groups excluding tert-OH is 2. The van der Waals surface area contributed by atoms with Crippen molar-refractivity contribution in [3.63, 3.8) is 0 Å². The lowest BCUT2D eigenvalue weighted by molar-refractivity contribution is -0.0513. The molecule has 26 heavy (non-hydrogen) atoms. The molecule has 0 aromatic heterocycles. The maximum Gasteiger partial charge on any atom is 0.0573 e. The van der Waals surface area contributed by atoms with Crippen LogP contribution in [0.1, 0.15) is 99.8 Å². The summed E-state index contributed by atoms with van der Waals surface area (Å²) in [5.74, 6) is 3.13. The van der Waals surface area contributed by atoms with Crippen molar-refractivity contribution >= 4 is 0 Å². The molecule has 2 fully saturated rings. The highest BCUT2D eigenvalue weighted by Gasteiger charge is 2.44. The lowest BCUT2D eigenvalue weighted by Crippen LogP contribution is -2.43. The van der Waals surface area contributed by atoms with Gasteiger partial charge in [-0.25, -0.2) is 0 Å². The van der Waals surface area contributed by atoms with Crippen molar-refractivity contribution in [2.45, 2.75) is 112 Å². The van der Waals surface area contributed by atoms with Gasteiger partial charge in [0.05, 0.1) is 12.2 Å². The van der Waals surface area contributed by atoms with Gasteiger partial charge in [0, 0.05) is 0 Å². The average molecular weight is 367 g/mol. The zero-order valence-electron chi connectivity index (χ0n) is 18.6. The average Bonchev–Trinajstić information content (AvgIpc) is 2.52. The second-order valence-corrected chi connectivity index (χ2v) is 11.7. The van der Waals surface area contributed by atoms with Crippen LogP contribution in [0.3, 0.4) is 0 Å². The van der Waals surface area contributed by atoms with E-state index in [4.69, 9.17) is 0 Å². The summed E-state index contributed by atoms with van der Waals surface area (Å²) >= 11 is 0. The molecule has 0 spiro atoms. The molecule has 2 saturated carbocycles. The summed E-state index contributed by atoms with van der Waals surface area (Å²) in [4.78, 5) is 0. The summed E-state index contributed by atoms with van der Waals surface area (Å²) < 4.78 is 0. The Hall–Kier alpha value is -0.0800. The van der Waals surface area contributed by atoms with Crippen molar-refractivity contribution in [1.29, 1.82) is 0 Å². The maximum atomic E-state index is 10.6. The van der Waals surface area contributed by atoms with Crippen LogP contribution in [0, 0.1) is 40.4 Å². The van der Waals surface area contributed by atoms with Crippen molar-refractivity contribution in [2.24, 2.45) is 40.4 Å². The molecule has 2 N–H and O–H groups in total. The fraction of sp³-hybridized carbons (Fsp3) is 1.00. The van der Waals surface area contributed by atoms with E-state index in [1.165, 1.54) is 38.5 Å². The lowest BCUT2D eigenvalue weighted by atomic mass is 9.58. The molecule has 6 unspecified atom stereocenters. The van der Waals surface area contributed by atoms with Gasteiger partial charge in [0.25, 0.3) is 0 Å². The van der Waals surface area contributed by atoms with E-state index in [1.807, 2.05) is 0 Å². The molecule has 2 aliphatic carbocycles. The van der Waals surface area contributed by atoms with E-state index < -0.39 is 0 Å². The van der Waals surface area contributed by atoms with Crippen LogP contribution >= 0.6 is 0 Å². The van der Waals surface area contributed by atoms with E-state index in [1.54, 1.807) is 0 Å². The second kappa shape index (κ2) is 8.52. The van der Waals surface area contributed by atoms with Crippen molar-refractivity contribution in [3.8, 4) is 0 Å². The molecule has 0 saturated heterocycles. The van der Waals surface area contributed by atoms with E-state index in [2.05, 4.69) is 48.5 Å². The first-order chi connectivity index (χ1) is 11.9. The standard InChI is InChI=1S/C24H46O2/c1-8-9-18(16-10-12-21(25)19(14-16)23(2,3)4)17-11-13-22(26)20(15-17)24(5,6)7/h16-22,25-26H,8-15H2,1-7H3. The zero-order valence-corrected chi connectivity index (χ0v) is 18.6. The minimum atomic E-state index is -0.121. The van der Waals surface area contributed by atoms with Crippen LogP contribution in [0.25, 0.3) is 0 Å². The van der Waals surface area contributed by atoms with Gasteiger partial charge in [0.2, 0.25) is 0 Å². The molecule has 0 amide bonds. The predicted molar refractivity (Wildman–Crippen MR) is 111 cm³/mol. The highest BCUT2D eigenvalue weighted by Crippen LogP contribution is 2.50. The molecule has 0 radical (unpaired) electrons. The molecule has 2 aliphatic rings. The topological polar surface area (TPSA) is 40.5 Å². The Labute approximate surface area is 163 Å². The lowest BCUT2D eigenvalue weighted by Gasteiger charge is -2.48. The summed E-state index contributed by atoms with van der Waals surface area (Å²) in [6.07, 6.45) is 9.04. The molecule has 0 heterocycles. The molecular weight excluding hydrogens is 320 g/mol. The largest absolute Gasteiger partial charge is 0.393 e. The molecule has 0 bridgehead atoms. The van der Waals surface area contributed by atoms with Gasteiger partial charge in [0.1, 0.15) is 0 Å². The first-order valence-electron chi connectivity index (χ1n) is 11.3. The highest BCUT2D eigenvalue weighted by atomic mass is 16.3. The van der Waals surface area contributed by atoms with E-state index in [9.17, 15) is 10.2 Å². The van der Waals surface area contributed by atoms with Gasteiger partial charge in [-0.15, -0.1) is 0 Å². The van der Waals surface area contributed by atoms with Gasteiger partial charge in [-0.3, -0.25) is 0 Å². The van der Waals surface area contributed by atoms with Gasteiger partial charge in [-0.05, 0) is 78.9 Å². The molecule has 2 nitrogen and oxygen atoms in total. The Balaban J connectivity index is 2.15. The first kappa shape index (κ1) is 22.2. The number of hydrogen-bond donors (Lipinski definition) is 2. The summed E-state index contributed by atoms with van der Waals surface area (Å²) in [5.41, 5.74) is 0.372. The fourth-order valence-electron chi connectivity index (χ4n) is 6.20. The fourth-order valence-corrected chi connectivity index (χ4v) is 6.20. The van der Waals surface area contributed by atoms with E-state index >= 15 is 0 Å². The summed E-state index contributed by atoms with van der Waals surface area (Å²) in [5, 5.41) is 21.2. The van der Waals surface area contributed by atoms with Crippen molar-refractivity contribution in [2.75, 3.05) is 0 Å². The van der Waals surface area contributed by atoms with Gasteiger partial charge in [-0.2, -0.15) is 0 Å². The normalized spacial score (nSPS) is 38.2. The van der Waals surface area contributed by atoms with Crippen LogP contribution in [0.2, 0.25) is 0 Å². The van der Waals surface area contributed by atoms with Crippen LogP contribution < -0.4 is 0 Å². The summed E-state index contributed by atoms with van der Waals surface area (Å²) in [7, 11) is 0. The van der Waals surface area contributed by atoms with E-state index in [0.717, 1.165) is 30.6 Å². The smallest absolute Gasteiger partial charge is 0.0573 e. The molecular formula is C24H46O2. The van der Waals surface area contributed by atoms with Crippen LogP contribution in [0.5, 0.6) is 0 Å². The summed E-state index contributed by atoms with van der Waals surface area (Å²) in [6.45, 7) is 16.1. The van der Waals surface area contributed by atoms with Crippen LogP contribution in [0.4, 0.5) is 0 Å². The van der Waals surface area contributed by atoms with E-state index in [-0.39, 0.29) is 23.0 Å². The van der Waals surface area contributed by atoms with E-state index in [0.29, 0.717) is 11.8 Å². The SMILES string of the molecule is CCCC(C1CCC(O)C(C(C)(C)C)C1)C1CCC(O)C(C(C)(C)C)C1. The van der Waals surface area contributed by atoms with Crippen molar-refractivity contribution < 1.29 is 10.2 Å². The molecule has 2 rings (SSSR count). The van der Waals surface area contributed by atoms with Crippen molar-refractivity contribution in [1.82, 2.24) is 0 Å². The minimum absolute atomic E-state index is 0.121. The third kappa shape index (κ3) is 5.25. The van der Waals surface area contributed by atoms with Crippen LogP contribution in [-0.4, -0.2) is 22.4 Å². The Morgan fingerprint density at radius 3 is 1.42 bits per heavy atom. The Morgan fingerprint density at radius 2 is 1.12 bits per heavy atom. The molecule has 0 aliphatic heterocycles. The highest BCUT2D eigenvalue weighted by molar-refractivity contribution is 4.94. The van der Waals surface area contributed by atoms with Crippen molar-refractivity contribution in [3.05, 3.63) is 0 Å². The van der Waals surface area contributed by atoms with Crippen LogP contribution in [-0.2, 0) is 0 Å². The minimum Gasteiger partial charge on any atom is -0.393 e. The number of aliphatic hydroxyl groups is 2. The van der Waals surface area contributed by atoms with Gasteiger partial charge < -0.3 is 10.2 Å². The molecule has 6 atom stereocenters. The molecule has 0 aromatic rings. The molecule has 154 valence electrons. The third-order valence-electron chi connectivity index (χ3n) is 7.77. The monoisotopic (exact) mass is 366 g/mol. The van der Waals surface area contributed by atoms with Gasteiger partial charge in [0.15, 0.2) is 0 Å². The number of hydrogen-bond acceptors (Lipinski definition) is 2.